The van der Waals surface area contributed by atoms with Crippen molar-refractivity contribution in [2.45, 2.75) is 25.3 Å². The zero-order valence-corrected chi connectivity index (χ0v) is 10.4. The Morgan fingerprint density at radius 1 is 1.38 bits per heavy atom. The summed E-state index contributed by atoms with van der Waals surface area (Å²) >= 11 is 3.49. The predicted molar refractivity (Wildman–Crippen MR) is 67.2 cm³/mol. The molecule has 1 aliphatic carbocycles. The maximum absolute atomic E-state index is 9.12. The van der Waals surface area contributed by atoms with Crippen LogP contribution in [-0.2, 0) is 0 Å². The van der Waals surface area contributed by atoms with Crippen molar-refractivity contribution in [1.29, 1.82) is 5.26 Å². The van der Waals surface area contributed by atoms with Crippen LogP contribution in [0.15, 0.2) is 28.9 Å². The van der Waals surface area contributed by atoms with Gasteiger partial charge in [0, 0.05) is 22.1 Å². The number of rotatable bonds is 1. The molecule has 1 heterocycles. The third-order valence-electron chi connectivity index (χ3n) is 3.38. The number of hydrogen-bond acceptors (Lipinski definition) is 1. The molecule has 16 heavy (non-hydrogen) atoms. The normalized spacial score (nSPS) is 16.0. The van der Waals surface area contributed by atoms with Gasteiger partial charge in [0.25, 0.3) is 0 Å². The van der Waals surface area contributed by atoms with Crippen LogP contribution in [0.4, 0.5) is 0 Å². The van der Waals surface area contributed by atoms with E-state index in [4.69, 9.17) is 5.26 Å². The molecular formula is C13H11BrN2. The molecule has 2 nitrogen and oxygen atoms in total. The highest BCUT2D eigenvalue weighted by molar-refractivity contribution is 9.10. The lowest BCUT2D eigenvalue weighted by atomic mass is 9.93. The maximum atomic E-state index is 9.12. The van der Waals surface area contributed by atoms with Crippen molar-refractivity contribution in [3.63, 3.8) is 0 Å². The third kappa shape index (κ3) is 1.37. The number of benzene rings is 1. The minimum Gasteiger partial charge on any atom is -0.343 e. The highest BCUT2D eigenvalue weighted by atomic mass is 79.9. The van der Waals surface area contributed by atoms with Gasteiger partial charge in [-0.25, -0.2) is 0 Å². The average Bonchev–Trinajstić information content (AvgIpc) is 2.54. The molecule has 0 bridgehead atoms. The second-order valence-corrected chi connectivity index (χ2v) is 5.22. The lowest BCUT2D eigenvalue weighted by molar-refractivity contribution is 0.321. The second-order valence-electron chi connectivity index (χ2n) is 4.31. The molecule has 1 aliphatic rings. The summed E-state index contributed by atoms with van der Waals surface area (Å²) in [4.78, 5) is 0. The Balaban J connectivity index is 2.27. The minimum absolute atomic E-state index is 0.596. The van der Waals surface area contributed by atoms with Gasteiger partial charge in [-0.3, -0.25) is 0 Å². The van der Waals surface area contributed by atoms with Crippen LogP contribution in [0.2, 0.25) is 0 Å². The molecule has 3 heteroatoms. The molecule has 1 aromatic carbocycles. The zero-order chi connectivity index (χ0) is 11.1. The van der Waals surface area contributed by atoms with Gasteiger partial charge in [0.2, 0.25) is 0 Å². The first-order chi connectivity index (χ1) is 7.79. The topological polar surface area (TPSA) is 28.7 Å². The van der Waals surface area contributed by atoms with E-state index in [-0.39, 0.29) is 0 Å². The molecule has 0 spiro atoms. The van der Waals surface area contributed by atoms with Crippen molar-refractivity contribution in [3.8, 4) is 6.07 Å². The summed E-state index contributed by atoms with van der Waals surface area (Å²) < 4.78 is 3.34. The van der Waals surface area contributed by atoms with E-state index in [9.17, 15) is 0 Å². The number of nitriles is 1. The molecule has 80 valence electrons. The van der Waals surface area contributed by atoms with E-state index in [0.29, 0.717) is 6.04 Å². The Labute approximate surface area is 103 Å². The summed E-state index contributed by atoms with van der Waals surface area (Å²) in [7, 11) is 0. The number of halogens is 1. The van der Waals surface area contributed by atoms with Gasteiger partial charge in [0.1, 0.15) is 6.07 Å². The maximum Gasteiger partial charge on any atom is 0.101 e. The summed E-state index contributed by atoms with van der Waals surface area (Å²) in [6.07, 6.45) is 5.78. The molecule has 0 aliphatic heterocycles. The molecular weight excluding hydrogens is 264 g/mol. The largest absolute Gasteiger partial charge is 0.343 e. The van der Waals surface area contributed by atoms with Crippen molar-refractivity contribution >= 4 is 26.8 Å². The summed E-state index contributed by atoms with van der Waals surface area (Å²) in [5.74, 6) is 0. The van der Waals surface area contributed by atoms with Gasteiger partial charge in [-0.2, -0.15) is 5.26 Å². The number of nitrogens with zero attached hydrogens (tertiary/aromatic N) is 2. The summed E-state index contributed by atoms with van der Waals surface area (Å²) in [6.45, 7) is 0. The molecule has 3 rings (SSSR count). The Hall–Kier alpha value is -1.27. The molecule has 0 amide bonds. The van der Waals surface area contributed by atoms with Gasteiger partial charge < -0.3 is 4.57 Å². The summed E-state index contributed by atoms with van der Waals surface area (Å²) in [6, 6.07) is 8.99. The second kappa shape index (κ2) is 3.64. The first kappa shape index (κ1) is 9.92. The van der Waals surface area contributed by atoms with Crippen molar-refractivity contribution in [3.05, 3.63) is 34.4 Å². The molecule has 2 aromatic rings. The summed E-state index contributed by atoms with van der Waals surface area (Å²) in [5.41, 5.74) is 1.96. The molecule has 0 N–H and O–H groups in total. The molecule has 0 atom stereocenters. The first-order valence-electron chi connectivity index (χ1n) is 5.50. The van der Waals surface area contributed by atoms with E-state index in [1.807, 2.05) is 18.3 Å². The van der Waals surface area contributed by atoms with Crippen LogP contribution in [0, 0.1) is 11.3 Å². The standard InChI is InChI=1S/C13H11BrN2/c14-10-4-5-12-9(7-15)8-16(13(12)6-10)11-2-1-3-11/h4-6,8,11H,1-3H2. The Morgan fingerprint density at radius 2 is 2.19 bits per heavy atom. The quantitative estimate of drug-likeness (QED) is 0.773. The van der Waals surface area contributed by atoms with E-state index in [1.54, 1.807) is 0 Å². The lowest BCUT2D eigenvalue weighted by Gasteiger charge is -2.27. The van der Waals surface area contributed by atoms with Gasteiger partial charge >= 0.3 is 0 Å². The van der Waals surface area contributed by atoms with E-state index in [2.05, 4.69) is 32.6 Å². The smallest absolute Gasteiger partial charge is 0.101 e. The van der Waals surface area contributed by atoms with Gasteiger partial charge in [0.15, 0.2) is 0 Å². The van der Waals surface area contributed by atoms with Crippen molar-refractivity contribution < 1.29 is 0 Å². The fourth-order valence-corrected chi connectivity index (χ4v) is 2.63. The van der Waals surface area contributed by atoms with Crippen LogP contribution in [-0.4, -0.2) is 4.57 Å². The van der Waals surface area contributed by atoms with Crippen LogP contribution in [0.5, 0.6) is 0 Å². The van der Waals surface area contributed by atoms with Gasteiger partial charge in [-0.05, 0) is 31.4 Å². The SMILES string of the molecule is N#Cc1cn(C2CCC2)c2cc(Br)ccc12. The Morgan fingerprint density at radius 3 is 2.81 bits per heavy atom. The fraction of sp³-hybridized carbons (Fsp3) is 0.308. The highest BCUT2D eigenvalue weighted by Crippen LogP contribution is 2.36. The van der Waals surface area contributed by atoms with Crippen LogP contribution < -0.4 is 0 Å². The minimum atomic E-state index is 0.596. The molecule has 0 radical (unpaired) electrons. The summed E-state index contributed by atoms with van der Waals surface area (Å²) in [5, 5.41) is 10.2. The van der Waals surface area contributed by atoms with E-state index in [0.717, 1.165) is 15.4 Å². The molecule has 0 unspecified atom stereocenters. The third-order valence-corrected chi connectivity index (χ3v) is 3.88. The monoisotopic (exact) mass is 274 g/mol. The number of fused-ring (bicyclic) bond motifs is 1. The van der Waals surface area contributed by atoms with Crippen LogP contribution in [0.1, 0.15) is 30.9 Å². The van der Waals surface area contributed by atoms with Gasteiger partial charge in [0.05, 0.1) is 11.1 Å². The van der Waals surface area contributed by atoms with Crippen molar-refractivity contribution in [2.75, 3.05) is 0 Å². The molecule has 1 fully saturated rings. The van der Waals surface area contributed by atoms with Crippen LogP contribution in [0.25, 0.3) is 10.9 Å². The lowest BCUT2D eigenvalue weighted by Crippen LogP contribution is -2.15. The number of hydrogen-bond donors (Lipinski definition) is 0. The molecule has 1 aromatic heterocycles. The van der Waals surface area contributed by atoms with Crippen molar-refractivity contribution in [2.24, 2.45) is 0 Å². The van der Waals surface area contributed by atoms with Gasteiger partial charge in [-0.1, -0.05) is 22.0 Å². The van der Waals surface area contributed by atoms with Crippen LogP contribution >= 0.6 is 15.9 Å². The number of aromatic nitrogens is 1. The molecule has 1 saturated carbocycles. The Kier molecular flexibility index (Phi) is 2.26. The van der Waals surface area contributed by atoms with E-state index < -0.39 is 0 Å². The molecule has 0 saturated heterocycles. The fourth-order valence-electron chi connectivity index (χ4n) is 2.28. The zero-order valence-electron chi connectivity index (χ0n) is 8.78. The van der Waals surface area contributed by atoms with Gasteiger partial charge in [-0.15, -0.1) is 0 Å². The highest BCUT2D eigenvalue weighted by Gasteiger charge is 2.22. The van der Waals surface area contributed by atoms with E-state index >= 15 is 0 Å². The van der Waals surface area contributed by atoms with Crippen LogP contribution in [0.3, 0.4) is 0 Å². The Bertz CT molecular complexity index is 588. The predicted octanol–water partition coefficient (Wildman–Crippen LogP) is 4.00. The van der Waals surface area contributed by atoms with E-state index in [1.165, 1.54) is 24.8 Å². The van der Waals surface area contributed by atoms with Crippen molar-refractivity contribution in [1.82, 2.24) is 4.57 Å². The first-order valence-corrected chi connectivity index (χ1v) is 6.29. The average molecular weight is 275 g/mol.